The predicted octanol–water partition coefficient (Wildman–Crippen LogP) is 5.66. The Labute approximate surface area is 202 Å². The van der Waals surface area contributed by atoms with Gasteiger partial charge >= 0.3 is 0 Å². The van der Waals surface area contributed by atoms with Crippen LogP contribution in [0.3, 0.4) is 0 Å². The summed E-state index contributed by atoms with van der Waals surface area (Å²) in [5, 5.41) is 5.72. The topological polar surface area (TPSA) is 76.7 Å². The van der Waals surface area contributed by atoms with Gasteiger partial charge in [-0.3, -0.25) is 9.59 Å². The van der Waals surface area contributed by atoms with E-state index in [2.05, 4.69) is 10.6 Å². The van der Waals surface area contributed by atoms with Crippen LogP contribution in [0.25, 0.3) is 0 Å². The molecule has 3 aromatic rings. The van der Waals surface area contributed by atoms with E-state index in [0.29, 0.717) is 34.3 Å². The number of rotatable bonds is 9. The molecule has 2 N–H and O–H groups in total. The van der Waals surface area contributed by atoms with Crippen LogP contribution in [0, 0.1) is 0 Å². The molecule has 0 aromatic heterocycles. The van der Waals surface area contributed by atoms with Crippen LogP contribution in [0.15, 0.2) is 71.6 Å². The first-order chi connectivity index (χ1) is 15.9. The van der Waals surface area contributed by atoms with Crippen molar-refractivity contribution in [1.29, 1.82) is 0 Å². The van der Waals surface area contributed by atoms with E-state index >= 15 is 0 Å². The lowest BCUT2D eigenvalue weighted by Gasteiger charge is -2.16. The zero-order valence-corrected chi connectivity index (χ0v) is 20.1. The number of hydrogen-bond acceptors (Lipinski definition) is 5. The highest BCUT2D eigenvalue weighted by Crippen LogP contribution is 2.36. The third-order valence-electron chi connectivity index (χ3n) is 4.74. The highest BCUT2D eigenvalue weighted by atomic mass is 35.5. The normalized spacial score (nSPS) is 11.4. The van der Waals surface area contributed by atoms with Crippen LogP contribution < -0.4 is 20.1 Å². The van der Waals surface area contributed by atoms with Crippen LogP contribution in [0.2, 0.25) is 5.02 Å². The molecule has 0 fully saturated rings. The minimum atomic E-state index is -0.411. The van der Waals surface area contributed by atoms with E-state index in [4.69, 9.17) is 21.1 Å². The summed E-state index contributed by atoms with van der Waals surface area (Å²) < 4.78 is 10.5. The van der Waals surface area contributed by atoms with Gasteiger partial charge < -0.3 is 20.1 Å². The molecular formula is C25H25ClN2O4S. The molecule has 0 heterocycles. The fourth-order valence-corrected chi connectivity index (χ4v) is 4.25. The van der Waals surface area contributed by atoms with Gasteiger partial charge in [0.2, 0.25) is 11.8 Å². The molecule has 0 bridgehead atoms. The smallest absolute Gasteiger partial charge is 0.237 e. The van der Waals surface area contributed by atoms with E-state index in [1.165, 1.54) is 26.0 Å². The van der Waals surface area contributed by atoms with Gasteiger partial charge in [-0.15, -0.1) is 11.8 Å². The molecule has 172 valence electrons. The van der Waals surface area contributed by atoms with Crippen molar-refractivity contribution >= 4 is 46.6 Å². The van der Waals surface area contributed by atoms with Crippen LogP contribution in [0.5, 0.6) is 11.5 Å². The molecule has 0 saturated heterocycles. The summed E-state index contributed by atoms with van der Waals surface area (Å²) in [5.74, 6) is 0.598. The van der Waals surface area contributed by atoms with Crippen LogP contribution >= 0.6 is 23.4 Å². The average molecular weight is 485 g/mol. The molecule has 0 aliphatic carbocycles. The van der Waals surface area contributed by atoms with Gasteiger partial charge in [-0.1, -0.05) is 48.0 Å². The fourth-order valence-electron chi connectivity index (χ4n) is 3.08. The number of carbonyl (C=O) groups excluding carboxylic acids is 2. The number of hydrogen-bond donors (Lipinski definition) is 2. The number of methoxy groups -OCH3 is 2. The number of amides is 2. The van der Waals surface area contributed by atoms with Crippen molar-refractivity contribution in [2.45, 2.75) is 23.5 Å². The Morgan fingerprint density at radius 2 is 1.67 bits per heavy atom. The van der Waals surface area contributed by atoms with Crippen LogP contribution in [0.4, 0.5) is 11.4 Å². The van der Waals surface area contributed by atoms with Crippen molar-refractivity contribution in [3.63, 3.8) is 0 Å². The third kappa shape index (κ3) is 6.91. The molecule has 0 radical (unpaired) electrons. The van der Waals surface area contributed by atoms with Crippen LogP contribution in [-0.2, 0) is 16.0 Å². The summed E-state index contributed by atoms with van der Waals surface area (Å²) in [6.07, 6.45) is 0.295. The van der Waals surface area contributed by atoms with Gasteiger partial charge in [0.1, 0.15) is 11.5 Å². The van der Waals surface area contributed by atoms with E-state index in [9.17, 15) is 9.59 Å². The Kier molecular flexibility index (Phi) is 8.63. The van der Waals surface area contributed by atoms with Gasteiger partial charge in [-0.25, -0.2) is 0 Å². The van der Waals surface area contributed by atoms with Crippen molar-refractivity contribution in [2.24, 2.45) is 0 Å². The lowest BCUT2D eigenvalue weighted by molar-refractivity contribution is -0.116. The largest absolute Gasteiger partial charge is 0.495 e. The molecule has 6 nitrogen and oxygen atoms in total. The summed E-state index contributed by atoms with van der Waals surface area (Å²) in [6, 6.07) is 20.2. The van der Waals surface area contributed by atoms with E-state index in [1.807, 2.05) is 54.6 Å². The fraction of sp³-hybridized carbons (Fsp3) is 0.200. The van der Waals surface area contributed by atoms with E-state index < -0.39 is 5.25 Å². The number of benzene rings is 3. The minimum Gasteiger partial charge on any atom is -0.495 e. The zero-order chi connectivity index (χ0) is 23.8. The Balaban J connectivity index is 1.62. The summed E-state index contributed by atoms with van der Waals surface area (Å²) in [7, 11) is 3.02. The third-order valence-corrected chi connectivity index (χ3v) is 6.13. The van der Waals surface area contributed by atoms with Crippen LogP contribution in [-0.4, -0.2) is 31.3 Å². The highest BCUT2D eigenvalue weighted by molar-refractivity contribution is 8.00. The summed E-state index contributed by atoms with van der Waals surface area (Å²) in [4.78, 5) is 26.0. The zero-order valence-electron chi connectivity index (χ0n) is 18.6. The number of carbonyl (C=O) groups is 2. The molecule has 8 heteroatoms. The van der Waals surface area contributed by atoms with Crippen molar-refractivity contribution in [3.8, 4) is 11.5 Å². The predicted molar refractivity (Wildman–Crippen MR) is 134 cm³/mol. The second kappa shape index (κ2) is 11.6. The number of nitrogens with one attached hydrogen (secondary N) is 2. The van der Waals surface area contributed by atoms with Gasteiger partial charge in [0.05, 0.1) is 36.6 Å². The van der Waals surface area contributed by atoms with E-state index in [0.717, 1.165) is 10.5 Å². The number of anilines is 2. The van der Waals surface area contributed by atoms with Crippen molar-refractivity contribution in [1.82, 2.24) is 0 Å². The molecule has 0 spiro atoms. The first-order valence-electron chi connectivity index (χ1n) is 10.2. The number of halogens is 1. The first kappa shape index (κ1) is 24.5. The first-order valence-corrected chi connectivity index (χ1v) is 11.5. The summed E-state index contributed by atoms with van der Waals surface area (Å²) in [6.45, 7) is 1.80. The lowest BCUT2D eigenvalue weighted by atomic mass is 10.1. The maximum atomic E-state index is 12.8. The molecule has 3 aromatic carbocycles. The van der Waals surface area contributed by atoms with Gasteiger partial charge in [-0.05, 0) is 36.8 Å². The lowest BCUT2D eigenvalue weighted by Crippen LogP contribution is -2.22. The molecule has 3 rings (SSSR count). The summed E-state index contributed by atoms with van der Waals surface area (Å²) in [5.41, 5.74) is 2.08. The number of ether oxygens (including phenoxy) is 2. The van der Waals surface area contributed by atoms with Gasteiger partial charge in [-0.2, -0.15) is 0 Å². The van der Waals surface area contributed by atoms with Gasteiger partial charge in [0, 0.05) is 16.6 Å². The summed E-state index contributed by atoms with van der Waals surface area (Å²) >= 11 is 7.57. The maximum absolute atomic E-state index is 12.8. The highest BCUT2D eigenvalue weighted by Gasteiger charge is 2.18. The quantitative estimate of drug-likeness (QED) is 0.383. The second-order valence-electron chi connectivity index (χ2n) is 7.17. The molecule has 1 unspecified atom stereocenters. The Morgan fingerprint density at radius 3 is 2.36 bits per heavy atom. The molecule has 0 aliphatic rings. The molecular weight excluding hydrogens is 460 g/mol. The monoisotopic (exact) mass is 484 g/mol. The van der Waals surface area contributed by atoms with Crippen LogP contribution in [0.1, 0.15) is 12.5 Å². The van der Waals surface area contributed by atoms with Crippen molar-refractivity contribution in [2.75, 3.05) is 24.9 Å². The Hall–Kier alpha value is -3.16. The second-order valence-corrected chi connectivity index (χ2v) is 9.00. The van der Waals surface area contributed by atoms with E-state index in [1.54, 1.807) is 19.1 Å². The van der Waals surface area contributed by atoms with Gasteiger partial charge in [0.15, 0.2) is 0 Å². The molecule has 1 atom stereocenters. The molecule has 33 heavy (non-hydrogen) atoms. The SMILES string of the molecule is COc1cc(OC)c(NC(=O)C(C)Sc2cccc(NC(=O)Cc3ccccc3)c2)cc1Cl. The standard InChI is InChI=1S/C25H25ClN2O4S/c1-16(25(30)28-21-14-20(26)22(31-2)15-23(21)32-3)33-19-11-7-10-18(13-19)27-24(29)12-17-8-5-4-6-9-17/h4-11,13-16H,12H2,1-3H3,(H,27,29)(H,28,30). The van der Waals surface area contributed by atoms with Gasteiger partial charge in [0.25, 0.3) is 0 Å². The molecule has 0 saturated carbocycles. The number of thioether (sulfide) groups is 1. The maximum Gasteiger partial charge on any atom is 0.237 e. The Bertz CT molecular complexity index is 1120. The Morgan fingerprint density at radius 1 is 0.939 bits per heavy atom. The molecule has 0 aliphatic heterocycles. The van der Waals surface area contributed by atoms with E-state index in [-0.39, 0.29) is 11.8 Å². The average Bonchev–Trinajstić information content (AvgIpc) is 2.80. The van der Waals surface area contributed by atoms with Crippen molar-refractivity contribution < 1.29 is 19.1 Å². The molecule has 2 amide bonds. The minimum absolute atomic E-state index is 0.0994. The van der Waals surface area contributed by atoms with Crippen molar-refractivity contribution in [3.05, 3.63) is 77.3 Å².